The summed E-state index contributed by atoms with van der Waals surface area (Å²) in [6.45, 7) is 1.91. The summed E-state index contributed by atoms with van der Waals surface area (Å²) in [6.07, 6.45) is 5.57. The van der Waals surface area contributed by atoms with Crippen LogP contribution in [0.2, 0.25) is 5.02 Å². The Kier molecular flexibility index (Phi) is 6.98. The van der Waals surface area contributed by atoms with Crippen LogP contribution in [-0.2, 0) is 10.0 Å². The summed E-state index contributed by atoms with van der Waals surface area (Å²) >= 11 is 6.01. The van der Waals surface area contributed by atoms with Crippen molar-refractivity contribution in [2.24, 2.45) is 5.73 Å². The minimum absolute atomic E-state index is 0.0476. The lowest BCUT2D eigenvalue weighted by Crippen LogP contribution is -2.33. The molecule has 1 fully saturated rings. The molecule has 0 atom stereocenters. The van der Waals surface area contributed by atoms with Crippen LogP contribution in [0, 0.1) is 12.7 Å². The molecule has 2 aromatic carbocycles. The number of aromatic nitrogens is 3. The number of halogens is 2. The first-order valence-electron chi connectivity index (χ1n) is 11.9. The number of pyridine rings is 1. The first kappa shape index (κ1) is 25.3. The molecule has 0 spiro atoms. The minimum Gasteiger partial charge on any atom is -0.351 e. The molecule has 4 aromatic rings. The summed E-state index contributed by atoms with van der Waals surface area (Å²) in [5.74, 6) is -0.192. The number of benzene rings is 2. The van der Waals surface area contributed by atoms with Gasteiger partial charge in [-0.3, -0.25) is 4.72 Å². The molecule has 1 aliphatic carbocycles. The summed E-state index contributed by atoms with van der Waals surface area (Å²) in [6, 6.07) is 12.6. The lowest BCUT2D eigenvalue weighted by Gasteiger charge is -2.26. The molecule has 37 heavy (non-hydrogen) atoms. The van der Waals surface area contributed by atoms with E-state index in [1.54, 1.807) is 24.4 Å². The van der Waals surface area contributed by atoms with Gasteiger partial charge in [0.15, 0.2) is 0 Å². The topological polar surface area (TPSA) is 123 Å². The highest BCUT2D eigenvalue weighted by molar-refractivity contribution is 7.92. The van der Waals surface area contributed by atoms with Gasteiger partial charge in [0, 0.05) is 17.6 Å². The average Bonchev–Trinajstić information content (AvgIpc) is 2.87. The van der Waals surface area contributed by atoms with E-state index in [1.807, 2.05) is 13.0 Å². The zero-order valence-electron chi connectivity index (χ0n) is 20.1. The van der Waals surface area contributed by atoms with E-state index in [9.17, 15) is 12.8 Å². The zero-order chi connectivity index (χ0) is 26.2. The molecule has 2 aromatic heterocycles. The first-order valence-corrected chi connectivity index (χ1v) is 13.8. The second kappa shape index (κ2) is 10.2. The largest absolute Gasteiger partial charge is 0.351 e. The van der Waals surface area contributed by atoms with Crippen LogP contribution in [0.5, 0.6) is 0 Å². The Hall–Kier alpha value is -3.34. The first-order chi connectivity index (χ1) is 17.7. The van der Waals surface area contributed by atoms with Crippen molar-refractivity contribution >= 4 is 44.3 Å². The predicted molar refractivity (Wildman–Crippen MR) is 144 cm³/mol. The number of hydrogen-bond acceptors (Lipinski definition) is 7. The van der Waals surface area contributed by atoms with Gasteiger partial charge < -0.3 is 11.1 Å². The number of sulfonamides is 1. The van der Waals surface area contributed by atoms with Crippen LogP contribution < -0.4 is 15.8 Å². The van der Waals surface area contributed by atoms with E-state index in [0.717, 1.165) is 31.2 Å². The van der Waals surface area contributed by atoms with Gasteiger partial charge >= 0.3 is 0 Å². The van der Waals surface area contributed by atoms with Crippen LogP contribution in [0.4, 0.5) is 16.0 Å². The number of rotatable bonds is 6. The molecular weight excluding hydrogens is 515 g/mol. The maximum Gasteiger partial charge on any atom is 0.263 e. The highest BCUT2D eigenvalue weighted by Crippen LogP contribution is 2.29. The van der Waals surface area contributed by atoms with Crippen LogP contribution in [-0.4, -0.2) is 35.5 Å². The van der Waals surface area contributed by atoms with Gasteiger partial charge in [-0.05, 0) is 68.5 Å². The second-order valence-electron chi connectivity index (χ2n) is 9.24. The number of nitrogens with one attached hydrogen (secondary N) is 2. The summed E-state index contributed by atoms with van der Waals surface area (Å²) in [4.78, 5) is 13.6. The zero-order valence-corrected chi connectivity index (χ0v) is 21.7. The van der Waals surface area contributed by atoms with E-state index >= 15 is 0 Å². The Balaban J connectivity index is 1.38. The van der Waals surface area contributed by atoms with E-state index in [1.165, 1.54) is 24.3 Å². The van der Waals surface area contributed by atoms with Crippen LogP contribution in [0.25, 0.3) is 22.3 Å². The van der Waals surface area contributed by atoms with Crippen molar-refractivity contribution in [2.45, 2.75) is 49.6 Å². The molecule has 11 heteroatoms. The van der Waals surface area contributed by atoms with E-state index in [-0.39, 0.29) is 21.6 Å². The van der Waals surface area contributed by atoms with Crippen LogP contribution in [0.1, 0.15) is 31.2 Å². The number of fused-ring (bicyclic) bond motifs is 1. The highest BCUT2D eigenvalue weighted by Gasteiger charge is 2.21. The van der Waals surface area contributed by atoms with Crippen LogP contribution in [0.15, 0.2) is 59.6 Å². The molecule has 1 saturated carbocycles. The predicted octanol–water partition coefficient (Wildman–Crippen LogP) is 5.28. The van der Waals surface area contributed by atoms with Crippen LogP contribution >= 0.6 is 11.6 Å². The maximum atomic E-state index is 15.0. The number of aryl methyl sites for hydroxylation is 1. The average molecular weight is 541 g/mol. The third-order valence-corrected chi connectivity index (χ3v) is 8.34. The van der Waals surface area contributed by atoms with E-state index in [4.69, 9.17) is 17.3 Å². The fourth-order valence-electron chi connectivity index (χ4n) is 4.47. The van der Waals surface area contributed by atoms with Gasteiger partial charge in [-0.2, -0.15) is 0 Å². The van der Waals surface area contributed by atoms with Gasteiger partial charge in [0.25, 0.3) is 10.0 Å². The third-order valence-electron chi connectivity index (χ3n) is 6.48. The molecule has 8 nitrogen and oxygen atoms in total. The fourth-order valence-corrected chi connectivity index (χ4v) is 6.05. The molecule has 2 heterocycles. The Morgan fingerprint density at radius 2 is 1.81 bits per heavy atom. The molecule has 0 radical (unpaired) electrons. The Labute approximate surface area is 219 Å². The number of nitrogens with two attached hydrogens (primary N) is 1. The quantitative estimate of drug-likeness (QED) is 0.304. The van der Waals surface area contributed by atoms with Gasteiger partial charge in [-0.25, -0.2) is 27.8 Å². The van der Waals surface area contributed by atoms with Crippen molar-refractivity contribution in [3.8, 4) is 11.3 Å². The standard InChI is InChI=1S/C26H26ClFN6O2S/c1-15-12-22(32-23-14-30-26(33-25(15)23)31-18-9-7-17(29)8-10-18)16-6-11-21(20(28)13-16)34-37(35,36)24-5-3-2-4-19(24)27/h2-6,11-14,17-18,34H,7-10,29H2,1H3,(H,30,31,33). The summed E-state index contributed by atoms with van der Waals surface area (Å²) in [7, 11) is -4.06. The smallest absolute Gasteiger partial charge is 0.263 e. The SMILES string of the molecule is Cc1cc(-c2ccc(NS(=O)(=O)c3ccccc3Cl)c(F)c2)nc2cnc(NC3CCC(N)CC3)nc12. The lowest BCUT2D eigenvalue weighted by atomic mass is 9.92. The summed E-state index contributed by atoms with van der Waals surface area (Å²) < 4.78 is 42.6. The van der Waals surface area contributed by atoms with Gasteiger partial charge in [-0.1, -0.05) is 29.8 Å². The molecule has 5 rings (SSSR count). The molecule has 4 N–H and O–H groups in total. The number of hydrogen-bond donors (Lipinski definition) is 3. The molecule has 192 valence electrons. The van der Waals surface area contributed by atoms with Gasteiger partial charge in [0.1, 0.15) is 16.2 Å². The molecule has 0 bridgehead atoms. The molecule has 0 aliphatic heterocycles. The Morgan fingerprint density at radius 3 is 2.54 bits per heavy atom. The van der Waals surface area contributed by atoms with Crippen molar-refractivity contribution in [1.29, 1.82) is 0 Å². The summed E-state index contributed by atoms with van der Waals surface area (Å²) in [5.41, 5.74) is 8.96. The van der Waals surface area contributed by atoms with Crippen molar-refractivity contribution < 1.29 is 12.8 Å². The third kappa shape index (κ3) is 5.51. The maximum absolute atomic E-state index is 15.0. The number of nitrogens with zero attached hydrogens (tertiary/aromatic N) is 3. The van der Waals surface area contributed by atoms with Crippen molar-refractivity contribution in [3.05, 3.63) is 71.1 Å². The Morgan fingerprint density at radius 1 is 1.05 bits per heavy atom. The normalized spacial score (nSPS) is 18.1. The molecule has 0 unspecified atom stereocenters. The van der Waals surface area contributed by atoms with Crippen molar-refractivity contribution in [1.82, 2.24) is 15.0 Å². The monoisotopic (exact) mass is 540 g/mol. The summed E-state index contributed by atoms with van der Waals surface area (Å²) in [5, 5.41) is 3.44. The molecule has 1 aliphatic rings. The van der Waals surface area contributed by atoms with Gasteiger partial charge in [-0.15, -0.1) is 0 Å². The molecule has 0 saturated heterocycles. The van der Waals surface area contributed by atoms with E-state index < -0.39 is 15.8 Å². The van der Waals surface area contributed by atoms with E-state index in [2.05, 4.69) is 25.0 Å². The number of anilines is 2. The van der Waals surface area contributed by atoms with E-state index in [0.29, 0.717) is 34.3 Å². The molecular formula is C26H26ClFN6O2S. The van der Waals surface area contributed by atoms with Gasteiger partial charge in [0.2, 0.25) is 5.95 Å². The minimum atomic E-state index is -4.06. The lowest BCUT2D eigenvalue weighted by molar-refractivity contribution is 0.410. The van der Waals surface area contributed by atoms with Crippen LogP contribution in [0.3, 0.4) is 0 Å². The van der Waals surface area contributed by atoms with Crippen molar-refractivity contribution in [3.63, 3.8) is 0 Å². The van der Waals surface area contributed by atoms with Gasteiger partial charge in [0.05, 0.1) is 28.1 Å². The second-order valence-corrected chi connectivity index (χ2v) is 11.3. The fraction of sp³-hybridized carbons (Fsp3) is 0.269. The highest BCUT2D eigenvalue weighted by atomic mass is 35.5. The van der Waals surface area contributed by atoms with Crippen molar-refractivity contribution in [2.75, 3.05) is 10.0 Å². The Bertz CT molecular complexity index is 1580. The molecule has 0 amide bonds.